The topological polar surface area (TPSA) is 61.3 Å². The molecule has 2 aromatic rings. The van der Waals surface area contributed by atoms with Crippen molar-refractivity contribution in [3.8, 4) is 16.9 Å². The summed E-state index contributed by atoms with van der Waals surface area (Å²) >= 11 is 0. The molecule has 21 heavy (non-hydrogen) atoms. The standard InChI is InChI=1S/C17H22N2O2/c1-20-14-10-6-5-9-13(14)16-15(21-19-17(16)18)11-12-7-3-2-4-8-12/h5-6,9-10,12H,2-4,7-8,11H2,1H3,(H2,18,19). The Kier molecular flexibility index (Phi) is 4.13. The fourth-order valence-corrected chi connectivity index (χ4v) is 3.27. The third-order valence-electron chi connectivity index (χ3n) is 4.36. The quantitative estimate of drug-likeness (QED) is 0.920. The van der Waals surface area contributed by atoms with Crippen LogP contribution in [0.4, 0.5) is 5.82 Å². The van der Waals surface area contributed by atoms with Crippen LogP contribution < -0.4 is 10.5 Å². The second kappa shape index (κ2) is 6.20. The summed E-state index contributed by atoms with van der Waals surface area (Å²) < 4.78 is 11.0. The van der Waals surface area contributed by atoms with E-state index >= 15 is 0 Å². The first-order chi connectivity index (χ1) is 10.3. The summed E-state index contributed by atoms with van der Waals surface area (Å²) in [5.41, 5.74) is 7.91. The van der Waals surface area contributed by atoms with Crippen LogP contribution in [0.25, 0.3) is 11.1 Å². The molecule has 1 fully saturated rings. The minimum atomic E-state index is 0.449. The van der Waals surface area contributed by atoms with Crippen molar-refractivity contribution in [1.29, 1.82) is 0 Å². The Balaban J connectivity index is 1.93. The summed E-state index contributed by atoms with van der Waals surface area (Å²) in [7, 11) is 1.67. The van der Waals surface area contributed by atoms with Gasteiger partial charge < -0.3 is 15.0 Å². The first-order valence-electron chi connectivity index (χ1n) is 7.67. The molecule has 0 bridgehead atoms. The van der Waals surface area contributed by atoms with E-state index in [0.717, 1.165) is 29.1 Å². The van der Waals surface area contributed by atoms with E-state index in [1.54, 1.807) is 7.11 Å². The van der Waals surface area contributed by atoms with Gasteiger partial charge in [0.25, 0.3) is 0 Å². The molecule has 2 N–H and O–H groups in total. The summed E-state index contributed by atoms with van der Waals surface area (Å²) in [4.78, 5) is 0. The summed E-state index contributed by atoms with van der Waals surface area (Å²) in [5.74, 6) is 2.83. The van der Waals surface area contributed by atoms with Crippen molar-refractivity contribution in [2.45, 2.75) is 38.5 Å². The number of ether oxygens (including phenoxy) is 1. The van der Waals surface area contributed by atoms with Gasteiger partial charge in [-0.3, -0.25) is 0 Å². The smallest absolute Gasteiger partial charge is 0.175 e. The van der Waals surface area contributed by atoms with Gasteiger partial charge in [0, 0.05) is 12.0 Å². The Morgan fingerprint density at radius 3 is 2.76 bits per heavy atom. The third kappa shape index (κ3) is 2.89. The molecule has 1 aromatic carbocycles. The van der Waals surface area contributed by atoms with Crippen LogP contribution in [0.15, 0.2) is 28.8 Å². The molecule has 3 rings (SSSR count). The number of nitrogen functional groups attached to an aromatic ring is 1. The minimum absolute atomic E-state index is 0.449. The Bertz CT molecular complexity index is 601. The van der Waals surface area contributed by atoms with Gasteiger partial charge in [0.15, 0.2) is 5.82 Å². The fourth-order valence-electron chi connectivity index (χ4n) is 3.27. The normalized spacial score (nSPS) is 16.0. The zero-order valence-corrected chi connectivity index (χ0v) is 12.5. The van der Waals surface area contributed by atoms with Gasteiger partial charge in [0.05, 0.1) is 12.7 Å². The number of nitrogens with zero attached hydrogens (tertiary/aromatic N) is 1. The number of anilines is 1. The van der Waals surface area contributed by atoms with Crippen LogP contribution in [0.5, 0.6) is 5.75 Å². The molecule has 112 valence electrons. The van der Waals surface area contributed by atoms with E-state index in [-0.39, 0.29) is 0 Å². The van der Waals surface area contributed by atoms with Crippen LogP contribution in [-0.2, 0) is 6.42 Å². The monoisotopic (exact) mass is 286 g/mol. The Morgan fingerprint density at radius 2 is 2.00 bits per heavy atom. The number of para-hydroxylation sites is 1. The van der Waals surface area contributed by atoms with E-state index in [0.29, 0.717) is 11.7 Å². The zero-order valence-electron chi connectivity index (χ0n) is 12.5. The van der Waals surface area contributed by atoms with Crippen molar-refractivity contribution in [2.24, 2.45) is 5.92 Å². The zero-order chi connectivity index (χ0) is 14.7. The van der Waals surface area contributed by atoms with Gasteiger partial charge in [-0.15, -0.1) is 0 Å². The van der Waals surface area contributed by atoms with Gasteiger partial charge in [0.2, 0.25) is 0 Å². The summed E-state index contributed by atoms with van der Waals surface area (Å²) in [6, 6.07) is 7.87. The molecule has 0 unspecified atom stereocenters. The molecule has 1 aliphatic rings. The molecule has 0 aliphatic heterocycles. The summed E-state index contributed by atoms with van der Waals surface area (Å²) in [6.07, 6.45) is 7.44. The average Bonchev–Trinajstić information content (AvgIpc) is 2.89. The number of hydrogen-bond acceptors (Lipinski definition) is 4. The maximum Gasteiger partial charge on any atom is 0.175 e. The molecule has 1 saturated carbocycles. The number of nitrogens with two attached hydrogens (primary N) is 1. The summed E-state index contributed by atoms with van der Waals surface area (Å²) in [5, 5.41) is 3.98. The predicted octanol–water partition coefficient (Wildman–Crippen LogP) is 4.06. The minimum Gasteiger partial charge on any atom is -0.496 e. The van der Waals surface area contributed by atoms with Gasteiger partial charge in [0.1, 0.15) is 11.5 Å². The number of rotatable bonds is 4. The highest BCUT2D eigenvalue weighted by Gasteiger charge is 2.23. The van der Waals surface area contributed by atoms with E-state index in [1.807, 2.05) is 24.3 Å². The lowest BCUT2D eigenvalue weighted by molar-refractivity contribution is 0.311. The van der Waals surface area contributed by atoms with E-state index < -0.39 is 0 Å². The largest absolute Gasteiger partial charge is 0.496 e. The van der Waals surface area contributed by atoms with Crippen LogP contribution in [0.1, 0.15) is 37.9 Å². The molecule has 0 spiro atoms. The molecular formula is C17H22N2O2. The van der Waals surface area contributed by atoms with E-state index in [2.05, 4.69) is 5.16 Å². The molecule has 4 nitrogen and oxygen atoms in total. The lowest BCUT2D eigenvalue weighted by Crippen LogP contribution is -2.09. The van der Waals surface area contributed by atoms with Gasteiger partial charge >= 0.3 is 0 Å². The highest BCUT2D eigenvalue weighted by atomic mass is 16.5. The molecule has 0 radical (unpaired) electrons. The van der Waals surface area contributed by atoms with Crippen molar-refractivity contribution in [1.82, 2.24) is 5.16 Å². The molecule has 0 saturated heterocycles. The Hall–Kier alpha value is -1.97. The van der Waals surface area contributed by atoms with Gasteiger partial charge in [-0.25, -0.2) is 0 Å². The SMILES string of the molecule is COc1ccccc1-c1c(N)noc1CC1CCCCC1. The van der Waals surface area contributed by atoms with Crippen molar-refractivity contribution in [3.05, 3.63) is 30.0 Å². The fraction of sp³-hybridized carbons (Fsp3) is 0.471. The first kappa shape index (κ1) is 14.0. The number of aromatic nitrogens is 1. The van der Waals surface area contributed by atoms with Crippen LogP contribution in [0.2, 0.25) is 0 Å². The van der Waals surface area contributed by atoms with Crippen LogP contribution in [0, 0.1) is 5.92 Å². The molecule has 1 aromatic heterocycles. The molecule has 4 heteroatoms. The molecule has 0 atom stereocenters. The molecule has 0 amide bonds. The average molecular weight is 286 g/mol. The second-order valence-electron chi connectivity index (χ2n) is 5.77. The Morgan fingerprint density at radius 1 is 1.24 bits per heavy atom. The lowest BCUT2D eigenvalue weighted by atomic mass is 9.85. The first-order valence-corrected chi connectivity index (χ1v) is 7.67. The van der Waals surface area contributed by atoms with Gasteiger partial charge in [-0.05, 0) is 12.0 Å². The van der Waals surface area contributed by atoms with E-state index in [9.17, 15) is 0 Å². The maximum atomic E-state index is 6.04. The molecule has 1 heterocycles. The molecule has 1 aliphatic carbocycles. The van der Waals surface area contributed by atoms with Crippen molar-refractivity contribution >= 4 is 5.82 Å². The number of benzene rings is 1. The number of hydrogen-bond donors (Lipinski definition) is 1. The lowest BCUT2D eigenvalue weighted by Gasteiger charge is -2.20. The predicted molar refractivity (Wildman–Crippen MR) is 83.2 cm³/mol. The van der Waals surface area contributed by atoms with E-state index in [4.69, 9.17) is 15.0 Å². The highest BCUT2D eigenvalue weighted by Crippen LogP contribution is 2.38. The van der Waals surface area contributed by atoms with Crippen molar-refractivity contribution < 1.29 is 9.26 Å². The number of methoxy groups -OCH3 is 1. The van der Waals surface area contributed by atoms with E-state index in [1.165, 1.54) is 32.1 Å². The van der Waals surface area contributed by atoms with Crippen LogP contribution in [-0.4, -0.2) is 12.3 Å². The van der Waals surface area contributed by atoms with Crippen molar-refractivity contribution in [2.75, 3.05) is 12.8 Å². The maximum absolute atomic E-state index is 6.04. The summed E-state index contributed by atoms with van der Waals surface area (Å²) in [6.45, 7) is 0. The van der Waals surface area contributed by atoms with Crippen molar-refractivity contribution in [3.63, 3.8) is 0 Å². The second-order valence-corrected chi connectivity index (χ2v) is 5.77. The third-order valence-corrected chi connectivity index (χ3v) is 4.36. The van der Waals surface area contributed by atoms with Crippen LogP contribution >= 0.6 is 0 Å². The van der Waals surface area contributed by atoms with Gasteiger partial charge in [-0.1, -0.05) is 55.5 Å². The van der Waals surface area contributed by atoms with Crippen LogP contribution in [0.3, 0.4) is 0 Å². The van der Waals surface area contributed by atoms with Gasteiger partial charge in [-0.2, -0.15) is 0 Å². The molecular weight excluding hydrogens is 264 g/mol. The Labute approximate surface area is 125 Å². The highest BCUT2D eigenvalue weighted by molar-refractivity contribution is 5.80.